The zero-order valence-electron chi connectivity index (χ0n) is 11.0. The molecule has 1 aliphatic carbocycles. The summed E-state index contributed by atoms with van der Waals surface area (Å²) in [5.41, 5.74) is 6.10. The lowest BCUT2D eigenvalue weighted by atomic mass is 10.1. The van der Waals surface area contributed by atoms with Gasteiger partial charge in [-0.1, -0.05) is 12.8 Å². The molecule has 1 aromatic rings. The highest BCUT2D eigenvalue weighted by Gasteiger charge is 2.33. The maximum Gasteiger partial charge on any atom is 0.251 e. The Morgan fingerprint density at radius 2 is 2.11 bits per heavy atom. The van der Waals surface area contributed by atoms with Crippen molar-refractivity contribution < 1.29 is 9.18 Å². The first kappa shape index (κ1) is 14.2. The molecule has 2 rings (SSSR count). The first-order chi connectivity index (χ1) is 9.04. The van der Waals surface area contributed by atoms with Crippen LogP contribution in [-0.4, -0.2) is 23.5 Å². The molecule has 1 fully saturated rings. The third kappa shape index (κ3) is 3.41. The van der Waals surface area contributed by atoms with Crippen molar-refractivity contribution in [1.29, 1.82) is 0 Å². The highest BCUT2D eigenvalue weighted by molar-refractivity contribution is 8.00. The molecule has 19 heavy (non-hydrogen) atoms. The molecule has 1 amide bonds. The summed E-state index contributed by atoms with van der Waals surface area (Å²) in [6.45, 7) is 0.628. The fourth-order valence-electron chi connectivity index (χ4n) is 2.56. The number of amides is 1. The van der Waals surface area contributed by atoms with Crippen molar-refractivity contribution in [3.8, 4) is 0 Å². The van der Waals surface area contributed by atoms with Gasteiger partial charge in [0.15, 0.2) is 0 Å². The third-order valence-corrected chi connectivity index (χ3v) is 5.12. The molecule has 0 bridgehead atoms. The van der Waals surface area contributed by atoms with E-state index in [0.717, 1.165) is 12.8 Å². The van der Waals surface area contributed by atoms with Crippen LogP contribution in [0.1, 0.15) is 36.0 Å². The van der Waals surface area contributed by atoms with Crippen molar-refractivity contribution >= 4 is 23.4 Å². The molecular weight excluding hydrogens is 263 g/mol. The van der Waals surface area contributed by atoms with Gasteiger partial charge in [0.1, 0.15) is 5.82 Å². The lowest BCUT2D eigenvalue weighted by Crippen LogP contribution is -2.38. The molecule has 3 nitrogen and oxygen atoms in total. The second kappa shape index (κ2) is 5.82. The molecule has 0 spiro atoms. The normalized spacial score (nSPS) is 17.4. The number of hydrogen-bond donors (Lipinski definition) is 2. The van der Waals surface area contributed by atoms with Crippen LogP contribution < -0.4 is 11.1 Å². The summed E-state index contributed by atoms with van der Waals surface area (Å²) in [4.78, 5) is 12.0. The van der Waals surface area contributed by atoms with Crippen LogP contribution in [0.15, 0.2) is 18.2 Å². The Morgan fingerprint density at radius 3 is 2.68 bits per heavy atom. The summed E-state index contributed by atoms with van der Waals surface area (Å²) in [5, 5.41) is 2.91. The van der Waals surface area contributed by atoms with Crippen LogP contribution >= 0.6 is 11.8 Å². The summed E-state index contributed by atoms with van der Waals surface area (Å²) >= 11 is 1.81. The smallest absolute Gasteiger partial charge is 0.251 e. The average Bonchev–Trinajstić information content (AvgIpc) is 2.84. The maximum absolute atomic E-state index is 13.2. The Kier molecular flexibility index (Phi) is 4.34. The van der Waals surface area contributed by atoms with Crippen LogP contribution in [0.2, 0.25) is 0 Å². The molecule has 5 heteroatoms. The van der Waals surface area contributed by atoms with Crippen molar-refractivity contribution in [2.24, 2.45) is 0 Å². The molecule has 0 heterocycles. The lowest BCUT2D eigenvalue weighted by Gasteiger charge is -2.26. The number of nitrogen functional groups attached to an aromatic ring is 1. The van der Waals surface area contributed by atoms with E-state index in [9.17, 15) is 9.18 Å². The number of benzene rings is 1. The quantitative estimate of drug-likeness (QED) is 0.835. The molecule has 0 aliphatic heterocycles. The largest absolute Gasteiger partial charge is 0.399 e. The SMILES string of the molecule is CSC1(CNC(=O)c2cc(N)cc(F)c2)CCCC1. The summed E-state index contributed by atoms with van der Waals surface area (Å²) in [6.07, 6.45) is 6.75. The van der Waals surface area contributed by atoms with E-state index in [1.165, 1.54) is 31.0 Å². The Bertz CT molecular complexity index is 452. The van der Waals surface area contributed by atoms with E-state index in [2.05, 4.69) is 11.6 Å². The van der Waals surface area contributed by atoms with Crippen LogP contribution in [0, 0.1) is 5.82 Å². The average molecular weight is 282 g/mol. The van der Waals surface area contributed by atoms with E-state index in [0.29, 0.717) is 6.54 Å². The van der Waals surface area contributed by atoms with Gasteiger partial charge in [-0.25, -0.2) is 4.39 Å². The maximum atomic E-state index is 13.2. The minimum absolute atomic E-state index is 0.147. The van der Waals surface area contributed by atoms with Crippen LogP contribution in [0.3, 0.4) is 0 Å². The number of hydrogen-bond acceptors (Lipinski definition) is 3. The van der Waals surface area contributed by atoms with E-state index in [-0.39, 0.29) is 21.9 Å². The molecular formula is C14H19FN2OS. The number of carbonyl (C=O) groups is 1. The molecule has 0 radical (unpaired) electrons. The molecule has 1 aliphatic rings. The second-order valence-corrected chi connectivity index (χ2v) is 6.32. The van der Waals surface area contributed by atoms with Crippen LogP contribution in [0.5, 0.6) is 0 Å². The number of halogens is 1. The summed E-state index contributed by atoms with van der Waals surface area (Å²) in [6, 6.07) is 3.92. The number of carbonyl (C=O) groups excluding carboxylic acids is 1. The molecule has 0 saturated heterocycles. The number of nitrogens with one attached hydrogen (secondary N) is 1. The Morgan fingerprint density at radius 1 is 1.42 bits per heavy atom. The molecule has 104 valence electrons. The Hall–Kier alpha value is -1.23. The molecule has 1 saturated carbocycles. The first-order valence-electron chi connectivity index (χ1n) is 6.44. The van der Waals surface area contributed by atoms with Crippen LogP contribution in [0.25, 0.3) is 0 Å². The molecule has 1 aromatic carbocycles. The number of nitrogens with two attached hydrogens (primary N) is 1. The lowest BCUT2D eigenvalue weighted by molar-refractivity contribution is 0.0949. The third-order valence-electron chi connectivity index (χ3n) is 3.70. The highest BCUT2D eigenvalue weighted by Crippen LogP contribution is 2.39. The fraction of sp³-hybridized carbons (Fsp3) is 0.500. The van der Waals surface area contributed by atoms with Crippen molar-refractivity contribution in [2.75, 3.05) is 18.5 Å². The standard InChI is InChI=1S/C14H19FN2OS/c1-19-14(4-2-3-5-14)9-17-13(18)10-6-11(15)8-12(16)7-10/h6-8H,2-5,9,16H2,1H3,(H,17,18). The Labute approximate surface area is 117 Å². The van der Waals surface area contributed by atoms with Gasteiger partial charge >= 0.3 is 0 Å². The van der Waals surface area contributed by atoms with Crippen molar-refractivity contribution in [1.82, 2.24) is 5.32 Å². The van der Waals surface area contributed by atoms with Gasteiger partial charge in [-0.05, 0) is 37.3 Å². The summed E-state index contributed by atoms with van der Waals surface area (Å²) < 4.78 is 13.4. The first-order valence-corrected chi connectivity index (χ1v) is 7.67. The summed E-state index contributed by atoms with van der Waals surface area (Å²) in [5.74, 6) is -0.739. The van der Waals surface area contributed by atoms with E-state index in [1.54, 1.807) is 0 Å². The van der Waals surface area contributed by atoms with Gasteiger partial charge in [0.25, 0.3) is 5.91 Å². The van der Waals surface area contributed by atoms with Crippen LogP contribution in [0.4, 0.5) is 10.1 Å². The minimum Gasteiger partial charge on any atom is -0.399 e. The predicted molar refractivity (Wildman–Crippen MR) is 77.9 cm³/mol. The number of thioether (sulfide) groups is 1. The minimum atomic E-state index is -0.481. The predicted octanol–water partition coefficient (Wildman–Crippen LogP) is 2.81. The Balaban J connectivity index is 2.01. The van der Waals surface area contributed by atoms with Gasteiger partial charge in [0.05, 0.1) is 0 Å². The van der Waals surface area contributed by atoms with Crippen molar-refractivity contribution in [2.45, 2.75) is 30.4 Å². The van der Waals surface area contributed by atoms with Gasteiger partial charge in [-0.15, -0.1) is 0 Å². The zero-order valence-corrected chi connectivity index (χ0v) is 11.9. The number of anilines is 1. The number of rotatable bonds is 4. The molecule has 0 atom stereocenters. The molecule has 0 aromatic heterocycles. The topological polar surface area (TPSA) is 55.1 Å². The van der Waals surface area contributed by atoms with E-state index in [1.807, 2.05) is 11.8 Å². The van der Waals surface area contributed by atoms with Gasteiger partial charge in [0, 0.05) is 22.5 Å². The van der Waals surface area contributed by atoms with Gasteiger partial charge in [0.2, 0.25) is 0 Å². The van der Waals surface area contributed by atoms with Gasteiger partial charge < -0.3 is 11.1 Å². The van der Waals surface area contributed by atoms with Gasteiger partial charge in [-0.3, -0.25) is 4.79 Å². The van der Waals surface area contributed by atoms with E-state index in [4.69, 9.17) is 5.73 Å². The molecule has 3 N–H and O–H groups in total. The van der Waals surface area contributed by atoms with Gasteiger partial charge in [-0.2, -0.15) is 11.8 Å². The van der Waals surface area contributed by atoms with E-state index < -0.39 is 5.82 Å². The van der Waals surface area contributed by atoms with Crippen LogP contribution in [-0.2, 0) is 0 Å². The highest BCUT2D eigenvalue weighted by atomic mass is 32.2. The van der Waals surface area contributed by atoms with Crippen molar-refractivity contribution in [3.05, 3.63) is 29.6 Å². The monoisotopic (exact) mass is 282 g/mol. The van der Waals surface area contributed by atoms with E-state index >= 15 is 0 Å². The zero-order chi connectivity index (χ0) is 13.9. The summed E-state index contributed by atoms with van der Waals surface area (Å²) in [7, 11) is 0. The second-order valence-electron chi connectivity index (χ2n) is 5.05. The fourth-order valence-corrected chi connectivity index (χ4v) is 3.47. The van der Waals surface area contributed by atoms with Crippen molar-refractivity contribution in [3.63, 3.8) is 0 Å². The molecule has 0 unspecified atom stereocenters.